The van der Waals surface area contributed by atoms with Crippen LogP contribution in [0.25, 0.3) is 49.9 Å². The average molecular weight is 517 g/mol. The maximum Gasteiger partial charge on any atom is 0.163 e. The summed E-state index contributed by atoms with van der Waals surface area (Å²) < 4.78 is 16.0. The van der Waals surface area contributed by atoms with E-state index in [1.165, 1.54) is 12.1 Å². The minimum Gasteiger partial charge on any atom is -0.393 e. The molecule has 0 atom stereocenters. The predicted molar refractivity (Wildman–Crippen MR) is 150 cm³/mol. The van der Waals surface area contributed by atoms with Crippen LogP contribution in [-0.2, 0) is 0 Å². The Hall–Kier alpha value is -4.74. The zero-order chi connectivity index (χ0) is 26.5. The van der Waals surface area contributed by atoms with Gasteiger partial charge in [-0.05, 0) is 62.1 Å². The molecular formula is C31H25FN6O. The Balaban J connectivity index is 1.40. The first kappa shape index (κ1) is 23.4. The van der Waals surface area contributed by atoms with Gasteiger partial charge in [-0.3, -0.25) is 0 Å². The molecule has 8 heteroatoms. The van der Waals surface area contributed by atoms with Gasteiger partial charge in [0.2, 0.25) is 0 Å². The highest BCUT2D eigenvalue weighted by Gasteiger charge is 2.22. The number of aliphatic hydroxyl groups is 1. The number of aromatic amines is 1. The van der Waals surface area contributed by atoms with Crippen molar-refractivity contribution in [2.24, 2.45) is 0 Å². The second-order valence-corrected chi connectivity index (χ2v) is 10.2. The molecular weight excluding hydrogens is 491 g/mol. The summed E-state index contributed by atoms with van der Waals surface area (Å²) in [7, 11) is 0. The number of hydrogen-bond donors (Lipinski definition) is 3. The van der Waals surface area contributed by atoms with Gasteiger partial charge in [0.1, 0.15) is 17.7 Å². The molecule has 1 saturated carbocycles. The molecule has 192 valence electrons. The number of aliphatic hydroxyl groups excluding tert-OH is 1. The Morgan fingerprint density at radius 2 is 1.82 bits per heavy atom. The van der Waals surface area contributed by atoms with Crippen LogP contribution in [0.5, 0.6) is 0 Å². The Labute approximate surface area is 223 Å². The van der Waals surface area contributed by atoms with Crippen molar-refractivity contribution < 1.29 is 9.50 Å². The fourth-order valence-corrected chi connectivity index (χ4v) is 5.82. The highest BCUT2D eigenvalue weighted by atomic mass is 19.1. The Morgan fingerprint density at radius 1 is 1.00 bits per heavy atom. The average Bonchev–Trinajstić information content (AvgIpc) is 3.53. The third kappa shape index (κ3) is 3.99. The summed E-state index contributed by atoms with van der Waals surface area (Å²) in [5, 5.41) is 25.3. The van der Waals surface area contributed by atoms with Crippen LogP contribution in [-0.4, -0.2) is 36.8 Å². The van der Waals surface area contributed by atoms with E-state index in [1.54, 1.807) is 12.3 Å². The van der Waals surface area contributed by atoms with Crippen LogP contribution in [0.1, 0.15) is 31.4 Å². The van der Waals surface area contributed by atoms with Crippen molar-refractivity contribution >= 4 is 38.5 Å². The zero-order valence-corrected chi connectivity index (χ0v) is 21.0. The van der Waals surface area contributed by atoms with E-state index < -0.39 is 0 Å². The number of nitriles is 1. The lowest BCUT2D eigenvalue weighted by atomic mass is 9.93. The Morgan fingerprint density at radius 3 is 2.67 bits per heavy atom. The summed E-state index contributed by atoms with van der Waals surface area (Å²) >= 11 is 0. The summed E-state index contributed by atoms with van der Waals surface area (Å²) in [5.74, 6) is 0.360. The monoisotopic (exact) mass is 516 g/mol. The number of H-pyrrole nitrogens is 1. The maximum absolute atomic E-state index is 13.9. The molecule has 3 heterocycles. The van der Waals surface area contributed by atoms with E-state index in [2.05, 4.69) is 44.1 Å². The molecule has 0 spiro atoms. The van der Waals surface area contributed by atoms with Gasteiger partial charge < -0.3 is 20.0 Å². The number of nitrogens with zero attached hydrogens (tertiary/aromatic N) is 4. The number of rotatable bonds is 4. The molecule has 1 aliphatic carbocycles. The van der Waals surface area contributed by atoms with Crippen molar-refractivity contribution in [3.05, 3.63) is 84.4 Å². The van der Waals surface area contributed by atoms with Gasteiger partial charge in [-0.25, -0.2) is 14.4 Å². The predicted octanol–water partition coefficient (Wildman–Crippen LogP) is 6.45. The van der Waals surface area contributed by atoms with E-state index in [0.29, 0.717) is 28.2 Å². The minimum absolute atomic E-state index is 0.181. The van der Waals surface area contributed by atoms with Crippen LogP contribution in [0.2, 0.25) is 0 Å². The van der Waals surface area contributed by atoms with Crippen molar-refractivity contribution in [3.63, 3.8) is 0 Å². The van der Waals surface area contributed by atoms with E-state index >= 15 is 0 Å². The summed E-state index contributed by atoms with van der Waals surface area (Å²) in [5.41, 5.74) is 6.11. The fourth-order valence-electron chi connectivity index (χ4n) is 5.82. The lowest BCUT2D eigenvalue weighted by Crippen LogP contribution is -2.28. The summed E-state index contributed by atoms with van der Waals surface area (Å²) in [4.78, 5) is 12.6. The molecule has 0 unspecified atom stereocenters. The second-order valence-electron chi connectivity index (χ2n) is 10.2. The molecule has 3 N–H and O–H groups in total. The third-order valence-electron chi connectivity index (χ3n) is 7.69. The molecule has 3 aromatic carbocycles. The summed E-state index contributed by atoms with van der Waals surface area (Å²) in [6.45, 7) is 0. The largest absolute Gasteiger partial charge is 0.393 e. The Kier molecular flexibility index (Phi) is 5.53. The fraction of sp³-hybridized carbons (Fsp3) is 0.194. The lowest BCUT2D eigenvalue weighted by Gasteiger charge is -2.27. The maximum atomic E-state index is 13.9. The van der Waals surface area contributed by atoms with Crippen LogP contribution in [0.4, 0.5) is 10.1 Å². The zero-order valence-electron chi connectivity index (χ0n) is 21.0. The van der Waals surface area contributed by atoms with Crippen LogP contribution >= 0.6 is 0 Å². The van der Waals surface area contributed by atoms with Crippen molar-refractivity contribution in [3.8, 4) is 23.1 Å². The van der Waals surface area contributed by atoms with Gasteiger partial charge >= 0.3 is 0 Å². The summed E-state index contributed by atoms with van der Waals surface area (Å²) in [6, 6.07) is 23.2. The topological polar surface area (TPSA) is 103 Å². The van der Waals surface area contributed by atoms with Crippen molar-refractivity contribution in [1.82, 2.24) is 19.5 Å². The normalized spacial score (nSPS) is 17.6. The molecule has 0 saturated heterocycles. The SMILES string of the molecule is N#Cc1ncc(-n2c3ccccc3c3c(-c4nc5ccc(F)cc5[nH]4)cccc32)cc1N[C@H]1CC[C@H](O)CC1. The molecule has 0 radical (unpaired) electrons. The number of aromatic nitrogens is 4. The van der Waals surface area contributed by atoms with Gasteiger partial charge in [-0.1, -0.05) is 30.3 Å². The molecule has 6 aromatic rings. The molecule has 7 rings (SSSR count). The molecule has 7 nitrogen and oxygen atoms in total. The van der Waals surface area contributed by atoms with Gasteiger partial charge in [0.05, 0.1) is 45.7 Å². The molecule has 3 aromatic heterocycles. The highest BCUT2D eigenvalue weighted by molar-refractivity contribution is 6.15. The first-order chi connectivity index (χ1) is 19.1. The van der Waals surface area contributed by atoms with Crippen molar-refractivity contribution in [2.75, 3.05) is 5.32 Å². The second kappa shape index (κ2) is 9.22. The number of para-hydroxylation sites is 1. The first-order valence-electron chi connectivity index (χ1n) is 13.1. The van der Waals surface area contributed by atoms with E-state index in [1.807, 2.05) is 30.3 Å². The number of fused-ring (bicyclic) bond motifs is 4. The number of anilines is 1. The van der Waals surface area contributed by atoms with Gasteiger partial charge in [0.15, 0.2) is 5.69 Å². The van der Waals surface area contributed by atoms with Crippen molar-refractivity contribution in [1.29, 1.82) is 5.26 Å². The first-order valence-corrected chi connectivity index (χ1v) is 13.1. The van der Waals surface area contributed by atoms with Gasteiger partial charge in [0, 0.05) is 22.4 Å². The number of pyridine rings is 1. The quantitative estimate of drug-likeness (QED) is 0.250. The Bertz CT molecular complexity index is 1910. The van der Waals surface area contributed by atoms with E-state index in [4.69, 9.17) is 4.98 Å². The van der Waals surface area contributed by atoms with Gasteiger partial charge in [-0.2, -0.15) is 5.26 Å². The number of benzene rings is 3. The molecule has 0 amide bonds. The van der Waals surface area contributed by atoms with Crippen LogP contribution in [0, 0.1) is 17.1 Å². The van der Waals surface area contributed by atoms with Crippen LogP contribution in [0.15, 0.2) is 72.9 Å². The van der Waals surface area contributed by atoms with Gasteiger partial charge in [0.25, 0.3) is 0 Å². The highest BCUT2D eigenvalue weighted by Crippen LogP contribution is 2.38. The lowest BCUT2D eigenvalue weighted by molar-refractivity contribution is 0.126. The van der Waals surface area contributed by atoms with Gasteiger partial charge in [-0.15, -0.1) is 0 Å². The number of halogens is 1. The number of hydrogen-bond acceptors (Lipinski definition) is 5. The molecule has 39 heavy (non-hydrogen) atoms. The third-order valence-corrected chi connectivity index (χ3v) is 7.69. The smallest absolute Gasteiger partial charge is 0.163 e. The minimum atomic E-state index is -0.311. The van der Waals surface area contributed by atoms with E-state index in [9.17, 15) is 14.8 Å². The molecule has 0 bridgehead atoms. The van der Waals surface area contributed by atoms with Crippen LogP contribution < -0.4 is 5.32 Å². The number of nitrogens with one attached hydrogen (secondary N) is 2. The molecule has 1 fully saturated rings. The molecule has 1 aliphatic rings. The number of imidazole rings is 1. The van der Waals surface area contributed by atoms with Crippen molar-refractivity contribution in [2.45, 2.75) is 37.8 Å². The van der Waals surface area contributed by atoms with E-state index in [0.717, 1.165) is 58.7 Å². The summed E-state index contributed by atoms with van der Waals surface area (Å²) in [6.07, 6.45) is 4.66. The van der Waals surface area contributed by atoms with Crippen LogP contribution in [0.3, 0.4) is 0 Å². The van der Waals surface area contributed by atoms with E-state index in [-0.39, 0.29) is 18.0 Å². The molecule has 0 aliphatic heterocycles. The standard InChI is InChI=1S/C31H25FN6O/c32-18-8-13-24-25(14-18)37-31(36-24)23-5-3-7-29-30(23)22-4-1-2-6-28(22)38(29)20-15-26(27(16-33)34-17-20)35-19-9-11-21(39)12-10-19/h1-8,13-15,17,19,21,35,39H,9-12H2,(H,36,37)/t19-,21-.